The van der Waals surface area contributed by atoms with Gasteiger partial charge in [0.2, 0.25) is 29.5 Å². The van der Waals surface area contributed by atoms with Crippen molar-refractivity contribution < 1.29 is 33.1 Å². The van der Waals surface area contributed by atoms with Crippen molar-refractivity contribution in [2.45, 2.75) is 111 Å². The number of hydrogen-bond donors (Lipinski definition) is 5. The van der Waals surface area contributed by atoms with Gasteiger partial charge in [0.1, 0.15) is 11.5 Å². The van der Waals surface area contributed by atoms with Crippen LogP contribution in [0.3, 0.4) is 0 Å². The number of oxazole rings is 2. The number of nitrogens with zero attached hydrogens (tertiary/aromatic N) is 8. The molecule has 4 aromatic heterocycles. The van der Waals surface area contributed by atoms with Crippen molar-refractivity contribution in [2.75, 3.05) is 89.1 Å². The Hall–Kier alpha value is -6.18. The van der Waals surface area contributed by atoms with Crippen LogP contribution in [0.5, 0.6) is 0 Å². The lowest BCUT2D eigenvalue weighted by molar-refractivity contribution is -0.131. The molecule has 3 amide bonds. The summed E-state index contributed by atoms with van der Waals surface area (Å²) in [4.78, 5) is 73.9. The van der Waals surface area contributed by atoms with Crippen molar-refractivity contribution in [3.63, 3.8) is 0 Å². The molecule has 83 heavy (non-hydrogen) atoms. The number of likely N-dealkylation sites (N-methyl/N-ethyl adjacent to an activating group) is 2. The number of piperidine rings is 2. The van der Waals surface area contributed by atoms with E-state index in [0.717, 1.165) is 108 Å². The van der Waals surface area contributed by atoms with Gasteiger partial charge >= 0.3 is 5.97 Å². The number of carboxylic acids is 1. The van der Waals surface area contributed by atoms with Gasteiger partial charge in [0, 0.05) is 72.4 Å². The van der Waals surface area contributed by atoms with E-state index in [4.69, 9.17) is 19.7 Å². The van der Waals surface area contributed by atoms with Crippen LogP contribution in [-0.4, -0.2) is 136 Å². The summed E-state index contributed by atoms with van der Waals surface area (Å²) in [6, 6.07) is 15.9. The minimum Gasteiger partial charge on any atom is -0.478 e. The molecule has 0 spiro atoms. The van der Waals surface area contributed by atoms with E-state index in [1.165, 1.54) is 28.2 Å². The molecule has 2 aliphatic rings. The van der Waals surface area contributed by atoms with Gasteiger partial charge in [-0.05, 0) is 115 Å². The first-order chi connectivity index (χ1) is 39.4. The number of carboxylic acid groups (broad SMARTS) is 1. The van der Waals surface area contributed by atoms with Crippen LogP contribution in [0.15, 0.2) is 115 Å². The van der Waals surface area contributed by atoms with Crippen LogP contribution in [-0.2, 0) is 54.6 Å². The largest absolute Gasteiger partial charge is 0.478 e. The monoisotopic (exact) mass is 1210 g/mol. The predicted molar refractivity (Wildman–Crippen MR) is 336 cm³/mol. The van der Waals surface area contributed by atoms with E-state index in [0.29, 0.717) is 46.6 Å². The zero-order valence-electron chi connectivity index (χ0n) is 49.5. The van der Waals surface area contributed by atoms with Gasteiger partial charge in [-0.3, -0.25) is 24.2 Å². The van der Waals surface area contributed by atoms with Gasteiger partial charge in [0.15, 0.2) is 10.3 Å². The number of anilines is 4. The van der Waals surface area contributed by atoms with Crippen molar-refractivity contribution in [3.05, 3.63) is 132 Å². The molecule has 2 saturated heterocycles. The van der Waals surface area contributed by atoms with E-state index in [9.17, 15) is 19.2 Å². The van der Waals surface area contributed by atoms with Crippen LogP contribution >= 0.6 is 46.2 Å². The number of carbonyl (C=O) groups is 4. The predicted octanol–water partition coefficient (Wildman–Crippen LogP) is 11.0. The number of rotatable bonds is 21. The van der Waals surface area contributed by atoms with E-state index >= 15 is 0 Å². The Kier molecular flexibility index (Phi) is 25.6. The number of nitrogen functional groups attached to an aromatic ring is 1. The van der Waals surface area contributed by atoms with Gasteiger partial charge in [-0.1, -0.05) is 101 Å². The molecule has 6 heterocycles. The Bertz CT molecular complexity index is 3060. The highest BCUT2D eigenvalue weighted by Gasteiger charge is 2.28. The second-order valence-corrected chi connectivity index (χ2v) is 27.6. The average Bonchev–Trinajstić information content (AvgIpc) is 4.38. The number of nitrogens with one attached hydrogen (secondary N) is 3. The maximum atomic E-state index is 12.9. The quantitative estimate of drug-likeness (QED) is 0.0256. The molecule has 0 atom stereocenters. The molecule has 6 aromatic rings. The highest BCUT2D eigenvalue weighted by atomic mass is 32.2. The second-order valence-electron chi connectivity index (χ2n) is 23.0. The molecule has 0 saturated carbocycles. The van der Waals surface area contributed by atoms with E-state index in [-0.39, 0.29) is 40.4 Å². The van der Waals surface area contributed by atoms with Crippen molar-refractivity contribution in [3.8, 4) is 0 Å². The summed E-state index contributed by atoms with van der Waals surface area (Å²) in [5, 5.41) is 18.3. The maximum absolute atomic E-state index is 12.9. The number of hydrogen-bond acceptors (Lipinski definition) is 19. The van der Waals surface area contributed by atoms with Crippen LogP contribution in [0.25, 0.3) is 0 Å². The molecule has 2 fully saturated rings. The number of amides is 3. The van der Waals surface area contributed by atoms with Gasteiger partial charge in [0.05, 0.1) is 44.7 Å². The molecule has 448 valence electrons. The Labute approximate surface area is 505 Å². The molecule has 0 bridgehead atoms. The van der Waals surface area contributed by atoms with Crippen LogP contribution in [0.1, 0.15) is 102 Å². The molecular weight excluding hydrogens is 1130 g/mol. The Balaban J connectivity index is 0.000000236. The first-order valence-corrected chi connectivity index (χ1v) is 31.3. The number of thioether (sulfide) groups is 2. The van der Waals surface area contributed by atoms with Crippen molar-refractivity contribution in [1.82, 2.24) is 39.5 Å². The standard InChI is InChI=1S/C30H40N6O3S2.C24H31N5O2S2.C6H11NO2/c1-30(2,3)24-17-31-26(39-24)20-40-27-18-32-29(41-27)34-28(38)22-11-14-36(15-12-22)19-21-8-6-9-23(16-21)33-25(37)10-7-13-35(4)5;1-24(2,3)19-12-26-20(31-19)15-32-21-13-27-23(33-21)28-22(30)17-7-9-29(10-8-17)14-16-5-4-6-18(25)11-16;1-7(2)5-3-4-6(8)9/h6-10,16-18,22H,11-15,19-20H2,1-5H3,(H,33,37)(H,32,34,38);4-6,11-13,17H,7-10,14-15,25H2,1-3H3,(H,27,28,30);3-4H,5H2,1-2H3,(H,8,9)/b10-7+;;4-3+. The lowest BCUT2D eigenvalue weighted by atomic mass is 9.94. The van der Waals surface area contributed by atoms with Crippen molar-refractivity contribution >= 4 is 91.5 Å². The van der Waals surface area contributed by atoms with Crippen LogP contribution in [0, 0.1) is 11.8 Å². The third-order valence-corrected chi connectivity index (χ3v) is 17.2. The third kappa shape index (κ3) is 23.8. The molecule has 2 aromatic carbocycles. The summed E-state index contributed by atoms with van der Waals surface area (Å²) >= 11 is 6.18. The van der Waals surface area contributed by atoms with Gasteiger partial charge < -0.3 is 45.4 Å². The summed E-state index contributed by atoms with van der Waals surface area (Å²) in [5.74, 6) is 3.46. The summed E-state index contributed by atoms with van der Waals surface area (Å²) < 4.78 is 13.7. The molecule has 8 rings (SSSR count). The van der Waals surface area contributed by atoms with Crippen molar-refractivity contribution in [1.29, 1.82) is 0 Å². The van der Waals surface area contributed by atoms with E-state index in [2.05, 4.69) is 99.4 Å². The molecule has 0 aliphatic carbocycles. The zero-order chi connectivity index (χ0) is 60.1. The fraction of sp³-hybridized carbons (Fsp3) is 0.467. The zero-order valence-corrected chi connectivity index (χ0v) is 52.7. The normalized spacial score (nSPS) is 14.8. The topological polar surface area (TPSA) is 241 Å². The number of likely N-dealkylation sites (tertiary alicyclic amines) is 2. The fourth-order valence-electron chi connectivity index (χ4n) is 8.48. The highest BCUT2D eigenvalue weighted by molar-refractivity contribution is 8.00. The second kappa shape index (κ2) is 32.2. The maximum Gasteiger partial charge on any atom is 0.328 e. The smallest absolute Gasteiger partial charge is 0.328 e. The van der Waals surface area contributed by atoms with Crippen LogP contribution in [0.4, 0.5) is 21.6 Å². The molecule has 6 N–H and O–H groups in total. The Morgan fingerprint density at radius 3 is 1.52 bits per heavy atom. The number of carbonyl (C=O) groups excluding carboxylic acids is 3. The summed E-state index contributed by atoms with van der Waals surface area (Å²) in [6.45, 7) is 19.1. The lowest BCUT2D eigenvalue weighted by Gasteiger charge is -2.31. The Morgan fingerprint density at radius 1 is 0.651 bits per heavy atom. The van der Waals surface area contributed by atoms with Crippen LogP contribution < -0.4 is 21.7 Å². The van der Waals surface area contributed by atoms with E-state index < -0.39 is 5.97 Å². The minimum absolute atomic E-state index is 0.0187. The van der Waals surface area contributed by atoms with Gasteiger partial charge in [-0.2, -0.15) is 0 Å². The van der Waals surface area contributed by atoms with E-state index in [1.54, 1.807) is 60.5 Å². The third-order valence-electron chi connectivity index (χ3n) is 13.0. The first kappa shape index (κ1) is 66.0. The molecule has 19 nitrogen and oxygen atoms in total. The van der Waals surface area contributed by atoms with E-state index in [1.807, 2.05) is 80.5 Å². The van der Waals surface area contributed by atoms with Gasteiger partial charge in [-0.25, -0.2) is 24.7 Å². The number of aliphatic carboxylic acids is 1. The molecule has 23 heteroatoms. The number of aromatic nitrogens is 4. The van der Waals surface area contributed by atoms with Gasteiger partial charge in [-0.15, -0.1) is 23.5 Å². The summed E-state index contributed by atoms with van der Waals surface area (Å²) in [5.41, 5.74) is 9.68. The molecular formula is C60H82N12O7S4. The minimum atomic E-state index is -0.892. The first-order valence-electron chi connectivity index (χ1n) is 27.7. The molecule has 0 radical (unpaired) electrons. The lowest BCUT2D eigenvalue weighted by Crippen LogP contribution is -2.37. The van der Waals surface area contributed by atoms with Crippen molar-refractivity contribution in [2.24, 2.45) is 11.8 Å². The SMILES string of the molecule is CC(C)(C)c1cnc(CSc2cnc(NC(=O)C3CCN(Cc4cccc(N)c4)CC3)s2)o1.CN(C)C/C=C/C(=O)Nc1cccc(CN2CCC(C(=O)Nc3ncc(SCc4ncc(C(C)(C)C)o4)s3)CC2)c1.CN(C)C/C=C/C(=O)O. The number of thiazole rings is 2. The number of benzene rings is 2. The highest BCUT2D eigenvalue weighted by Crippen LogP contribution is 2.34. The van der Waals surface area contributed by atoms with Gasteiger partial charge in [0.25, 0.3) is 0 Å². The summed E-state index contributed by atoms with van der Waals surface area (Å²) in [7, 11) is 7.68. The summed E-state index contributed by atoms with van der Waals surface area (Å²) in [6.07, 6.45) is 16.6. The Morgan fingerprint density at radius 2 is 1.10 bits per heavy atom. The molecule has 0 unspecified atom stereocenters. The average molecular weight is 1210 g/mol. The number of nitrogens with two attached hydrogens (primary N) is 1. The fourth-order valence-corrected chi connectivity index (χ4v) is 11.9. The van der Waals surface area contributed by atoms with Crippen LogP contribution in [0.2, 0.25) is 0 Å². The molecule has 2 aliphatic heterocycles.